The molecule has 88 valence electrons. The Balaban J connectivity index is 2.21. The van der Waals surface area contributed by atoms with Crippen LogP contribution in [0.4, 0.5) is 13.2 Å². The molecule has 1 aliphatic rings. The van der Waals surface area contributed by atoms with Gasteiger partial charge in [-0.25, -0.2) is 0 Å². The number of ether oxygens (including phenoxy) is 1. The zero-order valence-corrected chi connectivity index (χ0v) is 8.90. The van der Waals surface area contributed by atoms with Gasteiger partial charge in [-0.2, -0.15) is 13.2 Å². The fourth-order valence-electron chi connectivity index (χ4n) is 1.30. The van der Waals surface area contributed by atoms with Crippen molar-refractivity contribution >= 4 is 11.6 Å². The molecule has 0 unspecified atom stereocenters. The lowest BCUT2D eigenvalue weighted by molar-refractivity contribution is -0.137. The Morgan fingerprint density at radius 3 is 2.50 bits per heavy atom. The van der Waals surface area contributed by atoms with E-state index in [1.54, 1.807) is 0 Å². The second kappa shape index (κ2) is 4.14. The molecule has 0 bridgehead atoms. The highest BCUT2D eigenvalue weighted by atomic mass is 35.5. The van der Waals surface area contributed by atoms with Crippen LogP contribution in [0.15, 0.2) is 18.2 Å². The first-order valence-corrected chi connectivity index (χ1v) is 5.09. The van der Waals surface area contributed by atoms with E-state index in [9.17, 15) is 13.2 Å². The van der Waals surface area contributed by atoms with Gasteiger partial charge in [0, 0.05) is 13.1 Å². The predicted molar refractivity (Wildman–Crippen MR) is 53.7 cm³/mol. The van der Waals surface area contributed by atoms with Gasteiger partial charge in [0.2, 0.25) is 0 Å². The van der Waals surface area contributed by atoms with E-state index in [1.165, 1.54) is 6.07 Å². The van der Waals surface area contributed by atoms with Crippen molar-refractivity contribution in [3.8, 4) is 5.75 Å². The van der Waals surface area contributed by atoms with Gasteiger partial charge in [0.1, 0.15) is 11.9 Å². The largest absolute Gasteiger partial charge is 0.486 e. The second-order valence-corrected chi connectivity index (χ2v) is 3.95. The van der Waals surface area contributed by atoms with Crippen molar-refractivity contribution in [1.29, 1.82) is 0 Å². The van der Waals surface area contributed by atoms with Crippen LogP contribution in [0, 0.1) is 0 Å². The standard InChI is InChI=1S/C10H9ClF3NO/c11-8-2-1-6(10(12,13)14)3-9(8)16-7-4-15-5-7/h1-3,7,15H,4-5H2. The molecular formula is C10H9ClF3NO. The zero-order chi connectivity index (χ0) is 11.8. The van der Waals surface area contributed by atoms with Crippen molar-refractivity contribution in [2.24, 2.45) is 0 Å². The van der Waals surface area contributed by atoms with E-state index < -0.39 is 11.7 Å². The number of nitrogens with one attached hydrogen (secondary N) is 1. The number of halogens is 4. The van der Waals surface area contributed by atoms with Gasteiger partial charge in [0.05, 0.1) is 10.6 Å². The Hall–Kier alpha value is -0.940. The highest BCUT2D eigenvalue weighted by Gasteiger charge is 2.31. The Labute approximate surface area is 95.3 Å². The Morgan fingerprint density at radius 2 is 2.00 bits per heavy atom. The van der Waals surface area contributed by atoms with Crippen LogP contribution >= 0.6 is 11.6 Å². The summed E-state index contributed by atoms with van der Waals surface area (Å²) in [4.78, 5) is 0. The molecule has 16 heavy (non-hydrogen) atoms. The molecule has 0 atom stereocenters. The monoisotopic (exact) mass is 251 g/mol. The van der Waals surface area contributed by atoms with Crippen LogP contribution in [0.1, 0.15) is 5.56 Å². The zero-order valence-electron chi connectivity index (χ0n) is 8.14. The molecular weight excluding hydrogens is 243 g/mol. The maximum absolute atomic E-state index is 12.4. The molecule has 1 fully saturated rings. The fraction of sp³-hybridized carbons (Fsp3) is 0.400. The molecule has 1 heterocycles. The van der Waals surface area contributed by atoms with Gasteiger partial charge in [-0.15, -0.1) is 0 Å². The minimum Gasteiger partial charge on any atom is -0.486 e. The van der Waals surface area contributed by atoms with Crippen molar-refractivity contribution in [2.45, 2.75) is 12.3 Å². The van der Waals surface area contributed by atoms with Crippen molar-refractivity contribution in [1.82, 2.24) is 5.32 Å². The molecule has 6 heteroatoms. The number of hydrogen-bond donors (Lipinski definition) is 1. The van der Waals surface area contributed by atoms with Gasteiger partial charge < -0.3 is 10.1 Å². The van der Waals surface area contributed by atoms with Gasteiger partial charge in [-0.05, 0) is 18.2 Å². The van der Waals surface area contributed by atoms with E-state index in [4.69, 9.17) is 16.3 Å². The van der Waals surface area contributed by atoms with E-state index >= 15 is 0 Å². The third kappa shape index (κ3) is 2.41. The molecule has 2 nitrogen and oxygen atoms in total. The van der Waals surface area contributed by atoms with Crippen LogP contribution < -0.4 is 10.1 Å². The summed E-state index contributed by atoms with van der Waals surface area (Å²) in [5.74, 6) is 0.0861. The maximum Gasteiger partial charge on any atom is 0.416 e. The van der Waals surface area contributed by atoms with E-state index in [2.05, 4.69) is 5.32 Å². The van der Waals surface area contributed by atoms with Gasteiger partial charge in [0.15, 0.2) is 0 Å². The third-order valence-corrected chi connectivity index (χ3v) is 2.61. The summed E-state index contributed by atoms with van der Waals surface area (Å²) in [6, 6.07) is 3.07. The summed E-state index contributed by atoms with van der Waals surface area (Å²) < 4.78 is 42.6. The number of rotatable bonds is 2. The van der Waals surface area contributed by atoms with E-state index in [0.29, 0.717) is 13.1 Å². The second-order valence-electron chi connectivity index (χ2n) is 3.54. The fourth-order valence-corrected chi connectivity index (χ4v) is 1.46. The van der Waals surface area contributed by atoms with Crippen LogP contribution in [0.2, 0.25) is 5.02 Å². The van der Waals surface area contributed by atoms with E-state index in [1.807, 2.05) is 0 Å². The highest BCUT2D eigenvalue weighted by Crippen LogP contribution is 2.35. The minimum absolute atomic E-state index is 0.0861. The predicted octanol–water partition coefficient (Wildman–Crippen LogP) is 2.71. The van der Waals surface area contributed by atoms with Crippen molar-refractivity contribution < 1.29 is 17.9 Å². The van der Waals surface area contributed by atoms with Crippen molar-refractivity contribution in [2.75, 3.05) is 13.1 Å². The molecule has 0 spiro atoms. The summed E-state index contributed by atoms with van der Waals surface area (Å²) in [6.45, 7) is 1.26. The van der Waals surface area contributed by atoms with E-state index in [-0.39, 0.29) is 16.9 Å². The molecule has 0 radical (unpaired) electrons. The molecule has 1 aromatic rings. The smallest absolute Gasteiger partial charge is 0.416 e. The Kier molecular flexibility index (Phi) is 2.99. The number of benzene rings is 1. The molecule has 0 saturated carbocycles. The molecule has 0 aromatic heterocycles. The molecule has 0 amide bonds. The molecule has 1 saturated heterocycles. The van der Waals surface area contributed by atoms with Gasteiger partial charge in [0.25, 0.3) is 0 Å². The molecule has 2 rings (SSSR count). The lowest BCUT2D eigenvalue weighted by atomic mass is 10.2. The van der Waals surface area contributed by atoms with E-state index in [0.717, 1.165) is 12.1 Å². The van der Waals surface area contributed by atoms with Crippen molar-refractivity contribution in [3.63, 3.8) is 0 Å². The van der Waals surface area contributed by atoms with Gasteiger partial charge in [-0.1, -0.05) is 11.6 Å². The average molecular weight is 252 g/mol. The van der Waals surface area contributed by atoms with Crippen LogP contribution in [0.3, 0.4) is 0 Å². The third-order valence-electron chi connectivity index (χ3n) is 2.30. The average Bonchev–Trinajstić information content (AvgIpc) is 2.11. The Morgan fingerprint density at radius 1 is 1.31 bits per heavy atom. The molecule has 1 aliphatic heterocycles. The molecule has 1 aromatic carbocycles. The number of alkyl halides is 3. The van der Waals surface area contributed by atoms with Crippen LogP contribution in [0.25, 0.3) is 0 Å². The normalized spacial score (nSPS) is 17.0. The topological polar surface area (TPSA) is 21.3 Å². The molecule has 0 aliphatic carbocycles. The minimum atomic E-state index is -4.37. The van der Waals surface area contributed by atoms with Crippen LogP contribution in [-0.2, 0) is 6.18 Å². The first-order valence-electron chi connectivity index (χ1n) is 4.71. The van der Waals surface area contributed by atoms with Crippen LogP contribution in [-0.4, -0.2) is 19.2 Å². The quantitative estimate of drug-likeness (QED) is 0.873. The molecule has 1 N–H and O–H groups in total. The summed E-state index contributed by atoms with van der Waals surface area (Å²) in [5.41, 5.74) is -0.751. The highest BCUT2D eigenvalue weighted by molar-refractivity contribution is 6.32. The Bertz CT molecular complexity index is 390. The first-order chi connectivity index (χ1) is 7.47. The lowest BCUT2D eigenvalue weighted by Crippen LogP contribution is -2.50. The summed E-state index contributed by atoms with van der Waals surface area (Å²) in [5, 5.41) is 3.15. The van der Waals surface area contributed by atoms with Crippen molar-refractivity contribution in [3.05, 3.63) is 28.8 Å². The first kappa shape index (κ1) is 11.5. The van der Waals surface area contributed by atoms with Crippen LogP contribution in [0.5, 0.6) is 5.75 Å². The van der Waals surface area contributed by atoms with Gasteiger partial charge in [-0.3, -0.25) is 0 Å². The summed E-state index contributed by atoms with van der Waals surface area (Å²) in [7, 11) is 0. The van der Waals surface area contributed by atoms with Gasteiger partial charge >= 0.3 is 6.18 Å². The SMILES string of the molecule is FC(F)(F)c1ccc(Cl)c(OC2CNC2)c1. The lowest BCUT2D eigenvalue weighted by Gasteiger charge is -2.28. The maximum atomic E-state index is 12.4. The number of hydrogen-bond acceptors (Lipinski definition) is 2. The summed E-state index contributed by atoms with van der Waals surface area (Å²) >= 11 is 5.76. The summed E-state index contributed by atoms with van der Waals surface area (Å²) in [6.07, 6.45) is -4.47.